The van der Waals surface area contributed by atoms with Crippen molar-refractivity contribution >= 4 is 0 Å². The molecule has 1 unspecified atom stereocenters. The minimum atomic E-state index is -0.277. The maximum Gasteiger partial charge on any atom is 0.0940 e. The topological polar surface area (TPSA) is 53.1 Å². The Morgan fingerprint density at radius 3 is 2.29 bits per heavy atom. The average Bonchev–Trinajstić information content (AvgIpc) is 2.15. The van der Waals surface area contributed by atoms with Gasteiger partial charge in [0, 0.05) is 6.54 Å². The van der Waals surface area contributed by atoms with Crippen LogP contribution in [0.1, 0.15) is 38.5 Å². The minimum Gasteiger partial charge on any atom is -0.316 e. The molecule has 1 saturated heterocycles. The molecule has 2 N–H and O–H groups in total. The van der Waals surface area contributed by atoms with E-state index in [1.165, 1.54) is 45.2 Å². The SMILES string of the molecule is N#CC(N)CCN1CCCCCCC1. The monoisotopic (exact) mass is 195 g/mol. The van der Waals surface area contributed by atoms with Crippen molar-refractivity contribution in [3.05, 3.63) is 0 Å². The first-order chi connectivity index (χ1) is 6.83. The molecule has 0 aromatic rings. The first-order valence-corrected chi connectivity index (χ1v) is 5.70. The summed E-state index contributed by atoms with van der Waals surface area (Å²) in [6.07, 6.45) is 7.55. The molecule has 1 atom stereocenters. The van der Waals surface area contributed by atoms with Gasteiger partial charge in [0.15, 0.2) is 0 Å². The fourth-order valence-corrected chi connectivity index (χ4v) is 1.92. The van der Waals surface area contributed by atoms with Crippen molar-refractivity contribution in [1.29, 1.82) is 5.26 Å². The van der Waals surface area contributed by atoms with Gasteiger partial charge in [-0.05, 0) is 32.4 Å². The van der Waals surface area contributed by atoms with Crippen molar-refractivity contribution in [3.63, 3.8) is 0 Å². The van der Waals surface area contributed by atoms with Crippen molar-refractivity contribution in [2.45, 2.75) is 44.6 Å². The number of nitrogens with zero attached hydrogens (tertiary/aromatic N) is 2. The smallest absolute Gasteiger partial charge is 0.0940 e. The summed E-state index contributed by atoms with van der Waals surface area (Å²) in [4.78, 5) is 2.45. The molecule has 1 heterocycles. The highest BCUT2D eigenvalue weighted by atomic mass is 15.1. The summed E-state index contributed by atoms with van der Waals surface area (Å²) in [7, 11) is 0. The molecule has 1 rings (SSSR count). The maximum atomic E-state index is 8.57. The molecule has 0 saturated carbocycles. The van der Waals surface area contributed by atoms with Crippen LogP contribution in [0.4, 0.5) is 0 Å². The summed E-state index contributed by atoms with van der Waals surface area (Å²) >= 11 is 0. The van der Waals surface area contributed by atoms with Crippen molar-refractivity contribution in [1.82, 2.24) is 4.90 Å². The lowest BCUT2D eigenvalue weighted by molar-refractivity contribution is 0.243. The quantitative estimate of drug-likeness (QED) is 0.742. The molecule has 0 amide bonds. The lowest BCUT2D eigenvalue weighted by Gasteiger charge is -2.24. The molecule has 0 aromatic heterocycles. The Hall–Kier alpha value is -0.590. The van der Waals surface area contributed by atoms with E-state index in [2.05, 4.69) is 11.0 Å². The largest absolute Gasteiger partial charge is 0.316 e. The second-order valence-electron chi connectivity index (χ2n) is 4.13. The number of rotatable bonds is 3. The van der Waals surface area contributed by atoms with Gasteiger partial charge >= 0.3 is 0 Å². The predicted octanol–water partition coefficient (Wildman–Crippen LogP) is 1.49. The van der Waals surface area contributed by atoms with Gasteiger partial charge in [0.25, 0.3) is 0 Å². The zero-order chi connectivity index (χ0) is 10.2. The Morgan fingerprint density at radius 2 is 1.71 bits per heavy atom. The third-order valence-corrected chi connectivity index (χ3v) is 2.87. The van der Waals surface area contributed by atoms with E-state index >= 15 is 0 Å². The van der Waals surface area contributed by atoms with Crippen LogP contribution in [-0.2, 0) is 0 Å². The Morgan fingerprint density at radius 1 is 1.14 bits per heavy atom. The van der Waals surface area contributed by atoms with Crippen LogP contribution in [-0.4, -0.2) is 30.6 Å². The fraction of sp³-hybridized carbons (Fsp3) is 0.909. The molecule has 1 fully saturated rings. The van der Waals surface area contributed by atoms with Crippen LogP contribution in [0.5, 0.6) is 0 Å². The van der Waals surface area contributed by atoms with Crippen molar-refractivity contribution in [2.75, 3.05) is 19.6 Å². The molecule has 80 valence electrons. The van der Waals surface area contributed by atoms with E-state index in [0.29, 0.717) is 0 Å². The molecule has 0 aliphatic carbocycles. The van der Waals surface area contributed by atoms with Gasteiger partial charge in [-0.2, -0.15) is 5.26 Å². The fourth-order valence-electron chi connectivity index (χ4n) is 1.92. The van der Waals surface area contributed by atoms with Crippen molar-refractivity contribution in [3.8, 4) is 6.07 Å². The van der Waals surface area contributed by atoms with Gasteiger partial charge in [-0.3, -0.25) is 0 Å². The predicted molar refractivity (Wildman–Crippen MR) is 57.7 cm³/mol. The molecule has 0 aromatic carbocycles. The first kappa shape index (κ1) is 11.5. The lowest BCUT2D eigenvalue weighted by atomic mass is 10.1. The van der Waals surface area contributed by atoms with Crippen molar-refractivity contribution < 1.29 is 0 Å². The van der Waals surface area contributed by atoms with E-state index in [0.717, 1.165) is 13.0 Å². The molecule has 1 aliphatic heterocycles. The van der Waals surface area contributed by atoms with E-state index < -0.39 is 0 Å². The van der Waals surface area contributed by atoms with Gasteiger partial charge in [-0.25, -0.2) is 0 Å². The van der Waals surface area contributed by atoms with Crippen LogP contribution in [0.3, 0.4) is 0 Å². The second kappa shape index (κ2) is 6.80. The third-order valence-electron chi connectivity index (χ3n) is 2.87. The normalized spacial score (nSPS) is 22.0. The molecule has 3 heteroatoms. The summed E-state index contributed by atoms with van der Waals surface area (Å²) in [5.41, 5.74) is 5.57. The molecule has 1 aliphatic rings. The summed E-state index contributed by atoms with van der Waals surface area (Å²) in [5.74, 6) is 0. The van der Waals surface area contributed by atoms with Gasteiger partial charge in [-0.15, -0.1) is 0 Å². The van der Waals surface area contributed by atoms with Crippen molar-refractivity contribution in [2.24, 2.45) is 5.73 Å². The van der Waals surface area contributed by atoms with Gasteiger partial charge in [0.2, 0.25) is 0 Å². The van der Waals surface area contributed by atoms with Crippen LogP contribution >= 0.6 is 0 Å². The first-order valence-electron chi connectivity index (χ1n) is 5.70. The highest BCUT2D eigenvalue weighted by Gasteiger charge is 2.09. The van der Waals surface area contributed by atoms with Crippen LogP contribution < -0.4 is 5.73 Å². The van der Waals surface area contributed by atoms with Crippen LogP contribution in [0.15, 0.2) is 0 Å². The number of nitriles is 1. The molecule has 0 bridgehead atoms. The Kier molecular flexibility index (Phi) is 5.58. The lowest BCUT2D eigenvalue weighted by Crippen LogP contribution is -2.32. The Bertz CT molecular complexity index is 177. The summed E-state index contributed by atoms with van der Waals surface area (Å²) in [5, 5.41) is 8.57. The number of likely N-dealkylation sites (tertiary alicyclic amines) is 1. The molecular formula is C11H21N3. The third kappa shape index (κ3) is 4.59. The van der Waals surface area contributed by atoms with Crippen LogP contribution in [0.25, 0.3) is 0 Å². The van der Waals surface area contributed by atoms with E-state index in [9.17, 15) is 0 Å². The number of hydrogen-bond donors (Lipinski definition) is 1. The average molecular weight is 195 g/mol. The van der Waals surface area contributed by atoms with Gasteiger partial charge in [0.1, 0.15) is 0 Å². The molecule has 14 heavy (non-hydrogen) atoms. The van der Waals surface area contributed by atoms with Gasteiger partial charge < -0.3 is 10.6 Å². The van der Waals surface area contributed by atoms with E-state index in [1.54, 1.807) is 0 Å². The highest BCUT2D eigenvalue weighted by molar-refractivity contribution is 4.86. The molecule has 0 radical (unpaired) electrons. The highest BCUT2D eigenvalue weighted by Crippen LogP contribution is 2.10. The van der Waals surface area contributed by atoms with Gasteiger partial charge in [-0.1, -0.05) is 19.3 Å². The molecule has 0 spiro atoms. The zero-order valence-electron chi connectivity index (χ0n) is 8.91. The summed E-state index contributed by atoms with van der Waals surface area (Å²) in [6.45, 7) is 3.38. The number of hydrogen-bond acceptors (Lipinski definition) is 3. The summed E-state index contributed by atoms with van der Waals surface area (Å²) in [6, 6.07) is 1.81. The van der Waals surface area contributed by atoms with Gasteiger partial charge in [0.05, 0.1) is 12.1 Å². The van der Waals surface area contributed by atoms with E-state index in [-0.39, 0.29) is 6.04 Å². The maximum absolute atomic E-state index is 8.57. The van der Waals surface area contributed by atoms with E-state index in [4.69, 9.17) is 11.0 Å². The number of nitrogens with two attached hydrogens (primary N) is 1. The van der Waals surface area contributed by atoms with Crippen LogP contribution in [0.2, 0.25) is 0 Å². The Labute approximate surface area is 86.9 Å². The van der Waals surface area contributed by atoms with E-state index in [1.807, 2.05) is 0 Å². The summed E-state index contributed by atoms with van der Waals surface area (Å²) < 4.78 is 0. The molecular weight excluding hydrogens is 174 g/mol. The standard InChI is InChI=1S/C11H21N3/c12-10-11(13)6-9-14-7-4-2-1-3-5-8-14/h11H,1-9,13H2. The second-order valence-corrected chi connectivity index (χ2v) is 4.13. The minimum absolute atomic E-state index is 0.277. The Balaban J connectivity index is 2.17. The molecule has 3 nitrogen and oxygen atoms in total. The van der Waals surface area contributed by atoms with Crippen LogP contribution in [0, 0.1) is 11.3 Å². The zero-order valence-corrected chi connectivity index (χ0v) is 8.91.